The van der Waals surface area contributed by atoms with Crippen LogP contribution < -0.4 is 11.3 Å². The molecule has 1 aromatic rings. The van der Waals surface area contributed by atoms with Gasteiger partial charge in [0, 0.05) is 18.6 Å². The Hall–Kier alpha value is -0.910. The van der Waals surface area contributed by atoms with Crippen LogP contribution in [-0.2, 0) is 11.3 Å². The molecule has 4 nitrogen and oxygen atoms in total. The Morgan fingerprint density at radius 3 is 2.83 bits per heavy atom. The van der Waals surface area contributed by atoms with Crippen molar-refractivity contribution in [3.63, 3.8) is 0 Å². The molecule has 2 unspecified atom stereocenters. The predicted molar refractivity (Wildman–Crippen MR) is 73.8 cm³/mol. The summed E-state index contributed by atoms with van der Waals surface area (Å²) in [6.45, 7) is 4.98. The molecule has 1 aliphatic rings. The molecule has 0 aliphatic heterocycles. The first-order valence-electron chi connectivity index (χ1n) is 6.40. The lowest BCUT2D eigenvalue weighted by Gasteiger charge is -2.32. The van der Waals surface area contributed by atoms with E-state index in [0.29, 0.717) is 6.04 Å². The standard InChI is InChI=1S/C13H21N3OS/c1-9(13(17)15-14)10(2)16(12-3-4-12)7-11-5-6-18-8-11/h5-6,8-10,12H,3-4,7,14H2,1-2H3,(H,15,17). The summed E-state index contributed by atoms with van der Waals surface area (Å²) in [5.74, 6) is 5.05. The third-order valence-corrected chi connectivity index (χ3v) is 4.50. The number of rotatable bonds is 6. The first kappa shape index (κ1) is 13.5. The number of thiophene rings is 1. The van der Waals surface area contributed by atoms with Crippen LogP contribution in [-0.4, -0.2) is 22.9 Å². The highest BCUT2D eigenvalue weighted by Crippen LogP contribution is 2.32. The molecule has 1 aliphatic carbocycles. The van der Waals surface area contributed by atoms with Crippen LogP contribution in [0.5, 0.6) is 0 Å². The Morgan fingerprint density at radius 2 is 2.33 bits per heavy atom. The number of carbonyl (C=O) groups excluding carboxylic acids is 1. The van der Waals surface area contributed by atoms with Gasteiger partial charge in [0.05, 0.1) is 5.92 Å². The van der Waals surface area contributed by atoms with E-state index < -0.39 is 0 Å². The van der Waals surface area contributed by atoms with Crippen molar-refractivity contribution < 1.29 is 4.79 Å². The molecule has 2 rings (SSSR count). The van der Waals surface area contributed by atoms with Crippen LogP contribution >= 0.6 is 11.3 Å². The maximum atomic E-state index is 11.6. The average Bonchev–Trinajstić information content (AvgIpc) is 3.10. The largest absolute Gasteiger partial charge is 0.294 e. The minimum atomic E-state index is -0.0887. The molecule has 0 bridgehead atoms. The number of nitrogens with zero attached hydrogens (tertiary/aromatic N) is 1. The van der Waals surface area contributed by atoms with Gasteiger partial charge in [0.25, 0.3) is 0 Å². The molecule has 1 aromatic heterocycles. The molecule has 18 heavy (non-hydrogen) atoms. The van der Waals surface area contributed by atoms with Crippen LogP contribution in [0.25, 0.3) is 0 Å². The lowest BCUT2D eigenvalue weighted by atomic mass is 10.0. The van der Waals surface area contributed by atoms with E-state index in [2.05, 4.69) is 34.1 Å². The van der Waals surface area contributed by atoms with Crippen molar-refractivity contribution >= 4 is 17.2 Å². The zero-order valence-electron chi connectivity index (χ0n) is 10.9. The number of nitrogens with two attached hydrogens (primary N) is 1. The zero-order chi connectivity index (χ0) is 13.1. The fourth-order valence-corrected chi connectivity index (χ4v) is 2.90. The Morgan fingerprint density at radius 1 is 1.61 bits per heavy atom. The summed E-state index contributed by atoms with van der Waals surface area (Å²) in [6.07, 6.45) is 2.48. The number of hydrazine groups is 1. The van der Waals surface area contributed by atoms with Crippen LogP contribution in [0, 0.1) is 5.92 Å². The van der Waals surface area contributed by atoms with Gasteiger partial charge in [-0.1, -0.05) is 6.92 Å². The Kier molecular flexibility index (Phi) is 4.37. The molecule has 1 amide bonds. The van der Waals surface area contributed by atoms with Crippen LogP contribution in [0.1, 0.15) is 32.3 Å². The van der Waals surface area contributed by atoms with Gasteiger partial charge >= 0.3 is 0 Å². The molecular formula is C13H21N3OS. The van der Waals surface area contributed by atoms with Gasteiger partial charge in [-0.05, 0) is 42.2 Å². The molecule has 0 aromatic carbocycles. The van der Waals surface area contributed by atoms with Crippen molar-refractivity contribution in [1.82, 2.24) is 10.3 Å². The molecule has 0 spiro atoms. The zero-order valence-corrected chi connectivity index (χ0v) is 11.7. The van der Waals surface area contributed by atoms with Gasteiger partial charge < -0.3 is 0 Å². The van der Waals surface area contributed by atoms with E-state index in [9.17, 15) is 4.79 Å². The van der Waals surface area contributed by atoms with E-state index in [4.69, 9.17) is 5.84 Å². The predicted octanol–water partition coefficient (Wildman–Crippen LogP) is 1.73. The smallest absolute Gasteiger partial charge is 0.238 e. The number of nitrogens with one attached hydrogen (secondary N) is 1. The summed E-state index contributed by atoms with van der Waals surface area (Å²) in [7, 11) is 0. The maximum Gasteiger partial charge on any atom is 0.238 e. The van der Waals surface area contributed by atoms with Crippen LogP contribution in [0.15, 0.2) is 16.8 Å². The number of carbonyl (C=O) groups is 1. The van der Waals surface area contributed by atoms with Crippen LogP contribution in [0.2, 0.25) is 0 Å². The van der Waals surface area contributed by atoms with Crippen molar-refractivity contribution in [3.8, 4) is 0 Å². The van der Waals surface area contributed by atoms with Gasteiger partial charge in [0.1, 0.15) is 0 Å². The van der Waals surface area contributed by atoms with E-state index in [-0.39, 0.29) is 17.9 Å². The van der Waals surface area contributed by atoms with Gasteiger partial charge in [-0.25, -0.2) is 5.84 Å². The van der Waals surface area contributed by atoms with Crippen molar-refractivity contribution in [2.45, 2.75) is 45.3 Å². The van der Waals surface area contributed by atoms with Crippen molar-refractivity contribution in [1.29, 1.82) is 0 Å². The van der Waals surface area contributed by atoms with Gasteiger partial charge in [0.2, 0.25) is 5.91 Å². The van der Waals surface area contributed by atoms with Gasteiger partial charge in [-0.3, -0.25) is 15.1 Å². The second kappa shape index (κ2) is 5.82. The lowest BCUT2D eigenvalue weighted by molar-refractivity contribution is -0.126. The van der Waals surface area contributed by atoms with E-state index in [1.54, 1.807) is 11.3 Å². The van der Waals surface area contributed by atoms with E-state index in [1.807, 2.05) is 6.92 Å². The number of amides is 1. The van der Waals surface area contributed by atoms with Gasteiger partial charge in [-0.2, -0.15) is 11.3 Å². The average molecular weight is 267 g/mol. The summed E-state index contributed by atoms with van der Waals surface area (Å²) < 4.78 is 0. The fraction of sp³-hybridized carbons (Fsp3) is 0.615. The van der Waals surface area contributed by atoms with E-state index >= 15 is 0 Å². The SMILES string of the molecule is CC(C(=O)NN)C(C)N(Cc1ccsc1)C1CC1. The molecule has 2 atom stereocenters. The second-order valence-electron chi connectivity index (χ2n) is 5.07. The molecule has 100 valence electrons. The molecular weight excluding hydrogens is 246 g/mol. The second-order valence-corrected chi connectivity index (χ2v) is 5.85. The van der Waals surface area contributed by atoms with Crippen LogP contribution in [0.3, 0.4) is 0 Å². The van der Waals surface area contributed by atoms with Crippen LogP contribution in [0.4, 0.5) is 0 Å². The lowest BCUT2D eigenvalue weighted by Crippen LogP contribution is -2.46. The van der Waals surface area contributed by atoms with Crippen molar-refractivity contribution in [3.05, 3.63) is 22.4 Å². The highest BCUT2D eigenvalue weighted by molar-refractivity contribution is 7.07. The molecule has 1 fully saturated rings. The third kappa shape index (κ3) is 3.10. The van der Waals surface area contributed by atoms with Gasteiger partial charge in [-0.15, -0.1) is 0 Å². The molecule has 0 radical (unpaired) electrons. The fourth-order valence-electron chi connectivity index (χ4n) is 2.24. The van der Waals surface area contributed by atoms with E-state index in [1.165, 1.54) is 18.4 Å². The number of hydrogen-bond acceptors (Lipinski definition) is 4. The first-order valence-corrected chi connectivity index (χ1v) is 7.35. The highest BCUT2D eigenvalue weighted by Gasteiger charge is 2.35. The first-order chi connectivity index (χ1) is 8.63. The van der Waals surface area contributed by atoms with Crippen molar-refractivity contribution in [2.24, 2.45) is 11.8 Å². The summed E-state index contributed by atoms with van der Waals surface area (Å²) in [5.41, 5.74) is 3.59. The molecule has 1 heterocycles. The van der Waals surface area contributed by atoms with Crippen molar-refractivity contribution in [2.75, 3.05) is 0 Å². The monoisotopic (exact) mass is 267 g/mol. The Labute approximate surface area is 112 Å². The minimum absolute atomic E-state index is 0.0848. The quantitative estimate of drug-likeness (QED) is 0.469. The Bertz CT molecular complexity index is 389. The normalized spacial score (nSPS) is 18.7. The summed E-state index contributed by atoms with van der Waals surface area (Å²) in [5, 5.41) is 4.27. The number of hydrogen-bond donors (Lipinski definition) is 2. The summed E-state index contributed by atoms with van der Waals surface area (Å²) in [4.78, 5) is 14.1. The summed E-state index contributed by atoms with van der Waals surface area (Å²) in [6, 6.07) is 2.99. The molecule has 5 heteroatoms. The summed E-state index contributed by atoms with van der Waals surface area (Å²) >= 11 is 1.72. The van der Waals surface area contributed by atoms with Gasteiger partial charge in [0.15, 0.2) is 0 Å². The van der Waals surface area contributed by atoms with E-state index in [0.717, 1.165) is 6.54 Å². The Balaban J connectivity index is 2.03. The minimum Gasteiger partial charge on any atom is -0.294 e. The molecule has 3 N–H and O–H groups in total. The molecule has 0 saturated heterocycles. The topological polar surface area (TPSA) is 58.4 Å². The maximum absolute atomic E-state index is 11.6. The molecule has 1 saturated carbocycles. The third-order valence-electron chi connectivity index (χ3n) is 3.76. The highest BCUT2D eigenvalue weighted by atomic mass is 32.1.